The summed E-state index contributed by atoms with van der Waals surface area (Å²) in [5.41, 5.74) is 3.65. The average molecular weight is 329 g/mol. The predicted octanol–water partition coefficient (Wildman–Crippen LogP) is 3.09. The van der Waals surface area contributed by atoms with Gasteiger partial charge < -0.3 is 10.1 Å². The van der Waals surface area contributed by atoms with Crippen LogP contribution in [0.4, 0.5) is 5.69 Å². The molecule has 0 bridgehead atoms. The second kappa shape index (κ2) is 6.59. The summed E-state index contributed by atoms with van der Waals surface area (Å²) >= 11 is 0. The van der Waals surface area contributed by atoms with E-state index < -0.39 is 0 Å². The number of rotatable bonds is 6. The highest BCUT2D eigenvalue weighted by atomic mass is 16.5. The van der Waals surface area contributed by atoms with Gasteiger partial charge in [-0.1, -0.05) is 0 Å². The molecule has 0 spiro atoms. The summed E-state index contributed by atoms with van der Waals surface area (Å²) in [7, 11) is 2.00. The van der Waals surface area contributed by atoms with Gasteiger partial charge in [-0.2, -0.15) is 10.2 Å². The highest BCUT2D eigenvalue weighted by molar-refractivity contribution is 5.49. The number of anilines is 1. The van der Waals surface area contributed by atoms with Crippen molar-refractivity contribution in [2.45, 2.75) is 51.2 Å². The number of ether oxygens (including phenoxy) is 1. The topological polar surface area (TPSA) is 56.9 Å². The molecule has 0 unspecified atom stereocenters. The third kappa shape index (κ3) is 3.07. The Kier molecular flexibility index (Phi) is 4.31. The van der Waals surface area contributed by atoms with Crippen LogP contribution >= 0.6 is 0 Å². The van der Waals surface area contributed by atoms with E-state index in [2.05, 4.69) is 39.4 Å². The Hall–Kier alpha value is -1.82. The molecule has 2 aromatic rings. The van der Waals surface area contributed by atoms with E-state index in [9.17, 15) is 0 Å². The van der Waals surface area contributed by atoms with Gasteiger partial charge in [-0.25, -0.2) is 0 Å². The Morgan fingerprint density at radius 3 is 3.00 bits per heavy atom. The van der Waals surface area contributed by atoms with E-state index in [-0.39, 0.29) is 6.10 Å². The second-order valence-corrected chi connectivity index (χ2v) is 7.02. The molecule has 1 N–H and O–H groups in total. The number of hydrogen-bond donors (Lipinski definition) is 1. The van der Waals surface area contributed by atoms with Crippen molar-refractivity contribution in [2.75, 3.05) is 18.5 Å². The number of aryl methyl sites for hydroxylation is 2. The molecule has 0 aromatic carbocycles. The Morgan fingerprint density at radius 1 is 1.33 bits per heavy atom. The SMILES string of the molecule is CCn1nccc1[C@@H]1OCCC[C@H]1CNc1cn(C)nc1C1CC1. The summed E-state index contributed by atoms with van der Waals surface area (Å²) in [6, 6.07) is 2.10. The van der Waals surface area contributed by atoms with Crippen molar-refractivity contribution in [3.05, 3.63) is 29.8 Å². The van der Waals surface area contributed by atoms with E-state index in [0.717, 1.165) is 26.1 Å². The molecule has 6 heteroatoms. The summed E-state index contributed by atoms with van der Waals surface area (Å²) in [4.78, 5) is 0. The molecule has 2 aliphatic rings. The lowest BCUT2D eigenvalue weighted by Crippen LogP contribution is -2.30. The molecule has 130 valence electrons. The molecule has 1 saturated carbocycles. The highest BCUT2D eigenvalue weighted by Gasteiger charge is 2.32. The van der Waals surface area contributed by atoms with E-state index in [4.69, 9.17) is 4.74 Å². The Morgan fingerprint density at radius 2 is 2.21 bits per heavy atom. The van der Waals surface area contributed by atoms with Gasteiger partial charge in [0.25, 0.3) is 0 Å². The maximum atomic E-state index is 6.14. The fraction of sp³-hybridized carbons (Fsp3) is 0.667. The van der Waals surface area contributed by atoms with Gasteiger partial charge in [0.05, 0.1) is 17.1 Å². The summed E-state index contributed by atoms with van der Waals surface area (Å²) in [5.74, 6) is 1.13. The fourth-order valence-electron chi connectivity index (χ4n) is 3.77. The second-order valence-electron chi connectivity index (χ2n) is 7.02. The predicted molar refractivity (Wildman–Crippen MR) is 93.0 cm³/mol. The molecule has 1 aliphatic heterocycles. The summed E-state index contributed by atoms with van der Waals surface area (Å²) in [6.07, 6.45) is 9.00. The standard InChI is InChI=1S/C18H27N5O/c1-3-23-16(8-9-20-23)18-14(5-4-10-24-18)11-19-15-12-22(2)21-17(15)13-6-7-13/h8-9,12-14,18-19H,3-7,10-11H2,1-2H3/t14-,18+/m0/s1. The van der Waals surface area contributed by atoms with E-state index in [0.29, 0.717) is 11.8 Å². The van der Waals surface area contributed by atoms with Crippen LogP contribution < -0.4 is 5.32 Å². The third-order valence-electron chi connectivity index (χ3n) is 5.16. The minimum atomic E-state index is 0.134. The van der Waals surface area contributed by atoms with Crippen molar-refractivity contribution in [3.8, 4) is 0 Å². The molecule has 2 fully saturated rings. The van der Waals surface area contributed by atoms with Crippen LogP contribution in [-0.2, 0) is 18.3 Å². The van der Waals surface area contributed by atoms with Crippen molar-refractivity contribution in [3.63, 3.8) is 0 Å². The van der Waals surface area contributed by atoms with Crippen LogP contribution in [0.5, 0.6) is 0 Å². The smallest absolute Gasteiger partial charge is 0.104 e. The van der Waals surface area contributed by atoms with Gasteiger partial charge in [-0.15, -0.1) is 0 Å². The monoisotopic (exact) mass is 329 g/mol. The van der Waals surface area contributed by atoms with Crippen molar-refractivity contribution in [2.24, 2.45) is 13.0 Å². The molecular formula is C18H27N5O. The normalized spacial score (nSPS) is 24.2. The van der Waals surface area contributed by atoms with Crippen molar-refractivity contribution < 1.29 is 4.74 Å². The summed E-state index contributed by atoms with van der Waals surface area (Å²) in [5, 5.41) is 12.7. The zero-order chi connectivity index (χ0) is 16.5. The molecule has 0 amide bonds. The lowest BCUT2D eigenvalue weighted by molar-refractivity contribution is -0.0288. The van der Waals surface area contributed by atoms with Crippen LogP contribution in [0.15, 0.2) is 18.5 Å². The van der Waals surface area contributed by atoms with E-state index in [1.807, 2.05) is 17.9 Å². The molecular weight excluding hydrogens is 302 g/mol. The minimum absolute atomic E-state index is 0.134. The van der Waals surface area contributed by atoms with Crippen LogP contribution in [0.3, 0.4) is 0 Å². The first-order chi connectivity index (χ1) is 11.8. The molecule has 3 heterocycles. The van der Waals surface area contributed by atoms with Gasteiger partial charge in [0.1, 0.15) is 6.10 Å². The molecule has 0 radical (unpaired) electrons. The molecule has 1 aliphatic carbocycles. The Balaban J connectivity index is 1.48. The first kappa shape index (κ1) is 15.7. The summed E-state index contributed by atoms with van der Waals surface area (Å²) in [6.45, 7) is 4.78. The number of nitrogens with one attached hydrogen (secondary N) is 1. The lowest BCUT2D eigenvalue weighted by atomic mass is 9.92. The number of nitrogens with zero attached hydrogens (tertiary/aromatic N) is 4. The van der Waals surface area contributed by atoms with Gasteiger partial charge in [-0.05, 0) is 38.7 Å². The van der Waals surface area contributed by atoms with Gasteiger partial charge in [0.15, 0.2) is 0 Å². The molecule has 6 nitrogen and oxygen atoms in total. The van der Waals surface area contributed by atoms with E-state index in [1.165, 1.54) is 36.3 Å². The van der Waals surface area contributed by atoms with Crippen LogP contribution in [0.25, 0.3) is 0 Å². The third-order valence-corrected chi connectivity index (χ3v) is 5.16. The van der Waals surface area contributed by atoms with Crippen LogP contribution in [-0.4, -0.2) is 32.7 Å². The number of hydrogen-bond acceptors (Lipinski definition) is 4. The van der Waals surface area contributed by atoms with Gasteiger partial charge in [0, 0.05) is 51.0 Å². The average Bonchev–Trinajstić information content (AvgIpc) is 3.21. The van der Waals surface area contributed by atoms with Crippen molar-refractivity contribution >= 4 is 5.69 Å². The van der Waals surface area contributed by atoms with Gasteiger partial charge in [-0.3, -0.25) is 9.36 Å². The maximum absolute atomic E-state index is 6.14. The minimum Gasteiger partial charge on any atom is -0.382 e. The Labute approximate surface area is 143 Å². The van der Waals surface area contributed by atoms with Gasteiger partial charge >= 0.3 is 0 Å². The van der Waals surface area contributed by atoms with Crippen LogP contribution in [0.1, 0.15) is 56.0 Å². The molecule has 1 saturated heterocycles. The maximum Gasteiger partial charge on any atom is 0.104 e. The fourth-order valence-corrected chi connectivity index (χ4v) is 3.77. The largest absolute Gasteiger partial charge is 0.382 e. The first-order valence-corrected chi connectivity index (χ1v) is 9.17. The van der Waals surface area contributed by atoms with Crippen molar-refractivity contribution in [1.29, 1.82) is 0 Å². The first-order valence-electron chi connectivity index (χ1n) is 9.17. The Bertz CT molecular complexity index is 687. The van der Waals surface area contributed by atoms with Crippen molar-refractivity contribution in [1.82, 2.24) is 19.6 Å². The zero-order valence-corrected chi connectivity index (χ0v) is 14.6. The molecule has 2 aromatic heterocycles. The molecule has 4 rings (SSSR count). The number of aromatic nitrogens is 4. The highest BCUT2D eigenvalue weighted by Crippen LogP contribution is 2.42. The van der Waals surface area contributed by atoms with Crippen LogP contribution in [0.2, 0.25) is 0 Å². The van der Waals surface area contributed by atoms with Gasteiger partial charge in [0.2, 0.25) is 0 Å². The molecule has 2 atom stereocenters. The van der Waals surface area contributed by atoms with E-state index in [1.54, 1.807) is 0 Å². The quantitative estimate of drug-likeness (QED) is 0.885. The zero-order valence-electron chi connectivity index (χ0n) is 14.6. The lowest BCUT2D eigenvalue weighted by Gasteiger charge is -2.32. The summed E-state index contributed by atoms with van der Waals surface area (Å²) < 4.78 is 10.1. The molecule has 24 heavy (non-hydrogen) atoms. The van der Waals surface area contributed by atoms with Crippen LogP contribution in [0, 0.1) is 5.92 Å². The van der Waals surface area contributed by atoms with E-state index >= 15 is 0 Å².